The maximum Gasteiger partial charge on any atom is 0.264 e. The number of nitrogens with zero attached hydrogens (tertiary/aromatic N) is 2. The van der Waals surface area contributed by atoms with Gasteiger partial charge in [-0.25, -0.2) is 5.10 Å². The van der Waals surface area contributed by atoms with E-state index in [1.54, 1.807) is 14.2 Å². The van der Waals surface area contributed by atoms with Crippen molar-refractivity contribution in [3.05, 3.63) is 22.5 Å². The van der Waals surface area contributed by atoms with Crippen LogP contribution >= 0.6 is 0 Å². The average Bonchev–Trinajstić information content (AvgIpc) is 2.72. The summed E-state index contributed by atoms with van der Waals surface area (Å²) < 4.78 is 9.53. The molecule has 0 saturated carbocycles. The second kappa shape index (κ2) is 17.6. The molecule has 0 fully saturated rings. The summed E-state index contributed by atoms with van der Waals surface area (Å²) in [6.45, 7) is 4.60. The Morgan fingerprint density at radius 1 is 1.28 bits per heavy atom. The third-order valence-electron chi connectivity index (χ3n) is 3.45. The van der Waals surface area contributed by atoms with E-state index in [0.717, 1.165) is 6.42 Å². The van der Waals surface area contributed by atoms with Crippen LogP contribution in [0.1, 0.15) is 19.8 Å². The fraction of sp³-hybridized carbons (Fsp3) is 0.667. The molecule has 0 spiro atoms. The molecule has 0 atom stereocenters. The van der Waals surface area contributed by atoms with E-state index >= 15 is 0 Å². The Bertz CT molecular complexity index is 599. The van der Waals surface area contributed by atoms with Crippen molar-refractivity contribution < 1.29 is 24.2 Å². The number of carbonyl (C=O) groups excluding carboxylic acids is 2. The lowest BCUT2D eigenvalue weighted by Gasteiger charge is -2.21. The van der Waals surface area contributed by atoms with Gasteiger partial charge in [0.05, 0.1) is 33.0 Å². The van der Waals surface area contributed by atoms with Crippen LogP contribution in [0.4, 0.5) is 5.82 Å². The first-order chi connectivity index (χ1) is 14.0. The minimum Gasteiger partial charge on any atom is -0.394 e. The van der Waals surface area contributed by atoms with Gasteiger partial charge in [-0.2, -0.15) is 5.10 Å². The first kappa shape index (κ1) is 26.5. The summed E-state index contributed by atoms with van der Waals surface area (Å²) in [5.74, 6) is 0.208. The zero-order chi connectivity index (χ0) is 21.9. The van der Waals surface area contributed by atoms with Crippen molar-refractivity contribution in [3.63, 3.8) is 0 Å². The van der Waals surface area contributed by atoms with Gasteiger partial charge in [-0.3, -0.25) is 14.4 Å². The number of ether oxygens (including phenoxy) is 2. The number of aromatic amines is 1. The van der Waals surface area contributed by atoms with E-state index in [4.69, 9.17) is 9.84 Å². The van der Waals surface area contributed by atoms with Crippen molar-refractivity contribution in [3.8, 4) is 0 Å². The molecule has 0 radical (unpaired) electrons. The molecule has 1 aromatic rings. The van der Waals surface area contributed by atoms with Crippen molar-refractivity contribution in [2.45, 2.75) is 19.8 Å². The van der Waals surface area contributed by atoms with Crippen LogP contribution in [-0.4, -0.2) is 92.2 Å². The topological polar surface area (TPSA) is 146 Å². The van der Waals surface area contributed by atoms with Crippen LogP contribution in [0.15, 0.2) is 16.9 Å². The second-order valence-electron chi connectivity index (χ2n) is 5.80. The number of nitrogens with one attached hydrogen (secondary N) is 3. The van der Waals surface area contributed by atoms with E-state index in [9.17, 15) is 14.4 Å². The first-order valence-electron chi connectivity index (χ1n) is 9.43. The van der Waals surface area contributed by atoms with Crippen molar-refractivity contribution >= 4 is 17.6 Å². The zero-order valence-electron chi connectivity index (χ0n) is 17.4. The number of amides is 2. The predicted molar refractivity (Wildman–Crippen MR) is 109 cm³/mol. The van der Waals surface area contributed by atoms with Crippen LogP contribution in [-0.2, 0) is 19.1 Å². The number of aliphatic hydroxyl groups is 1. The van der Waals surface area contributed by atoms with Gasteiger partial charge < -0.3 is 30.1 Å². The molecule has 0 saturated heterocycles. The van der Waals surface area contributed by atoms with Crippen molar-refractivity contribution in [2.24, 2.45) is 0 Å². The Hall–Kier alpha value is -2.50. The van der Waals surface area contributed by atoms with E-state index in [1.165, 1.54) is 17.0 Å². The van der Waals surface area contributed by atoms with Gasteiger partial charge in [-0.1, -0.05) is 6.92 Å². The molecule has 11 heteroatoms. The number of hydrogen-bond acceptors (Lipinski definition) is 8. The number of aromatic nitrogens is 2. The number of methoxy groups -OCH3 is 1. The quantitative estimate of drug-likeness (QED) is 0.306. The van der Waals surface area contributed by atoms with Crippen LogP contribution in [0, 0.1) is 0 Å². The molecule has 4 N–H and O–H groups in total. The number of H-pyrrole nitrogens is 1. The highest BCUT2D eigenvalue weighted by Crippen LogP contribution is 2.00. The molecule has 0 aliphatic heterocycles. The molecule has 1 aromatic heterocycles. The molecular formula is C18H33N5O6. The number of hydrogen-bond donors (Lipinski definition) is 4. The van der Waals surface area contributed by atoms with Gasteiger partial charge in [0, 0.05) is 39.7 Å². The third kappa shape index (κ3) is 14.2. The average molecular weight is 415 g/mol. The van der Waals surface area contributed by atoms with Crippen LogP contribution in [0.5, 0.6) is 0 Å². The summed E-state index contributed by atoms with van der Waals surface area (Å²) in [4.78, 5) is 35.8. The summed E-state index contributed by atoms with van der Waals surface area (Å²) in [7, 11) is 3.16. The highest BCUT2D eigenvalue weighted by Gasteiger charge is 2.15. The highest BCUT2D eigenvalue weighted by molar-refractivity contribution is 5.84. The summed E-state index contributed by atoms with van der Waals surface area (Å²) in [6, 6.07) is 2.89. The van der Waals surface area contributed by atoms with E-state index in [2.05, 4.69) is 25.6 Å². The van der Waals surface area contributed by atoms with Crippen LogP contribution in [0.2, 0.25) is 0 Å². The fourth-order valence-electron chi connectivity index (χ4n) is 2.02. The molecule has 11 nitrogen and oxygen atoms in total. The van der Waals surface area contributed by atoms with Crippen LogP contribution < -0.4 is 16.2 Å². The molecule has 1 rings (SSSR count). The van der Waals surface area contributed by atoms with Crippen molar-refractivity contribution in [1.29, 1.82) is 0 Å². The van der Waals surface area contributed by atoms with Gasteiger partial charge in [0.25, 0.3) is 5.56 Å². The van der Waals surface area contributed by atoms with Gasteiger partial charge in [-0.15, -0.1) is 0 Å². The molecule has 2 amide bonds. The van der Waals surface area contributed by atoms with E-state index in [1.807, 2.05) is 6.92 Å². The SMILES string of the molecule is CCCN(CC(=O)NC)C(=O)CCNc1ccc(=O)[nH]n1.COCCOCCO. The third-order valence-corrected chi connectivity index (χ3v) is 3.45. The Labute approximate surface area is 170 Å². The molecule has 1 heterocycles. The summed E-state index contributed by atoms with van der Waals surface area (Å²) in [6.07, 6.45) is 1.04. The molecule has 0 aliphatic carbocycles. The van der Waals surface area contributed by atoms with Gasteiger partial charge in [0.15, 0.2) is 0 Å². The van der Waals surface area contributed by atoms with E-state index in [-0.39, 0.29) is 36.9 Å². The maximum atomic E-state index is 12.1. The van der Waals surface area contributed by atoms with Gasteiger partial charge in [-0.05, 0) is 12.5 Å². The van der Waals surface area contributed by atoms with Crippen molar-refractivity contribution in [1.82, 2.24) is 20.4 Å². The minimum atomic E-state index is -0.281. The summed E-state index contributed by atoms with van der Waals surface area (Å²) in [5, 5.41) is 19.7. The lowest BCUT2D eigenvalue weighted by atomic mass is 10.3. The molecule has 0 aliphatic rings. The molecule has 0 bridgehead atoms. The number of aliphatic hydroxyl groups excluding tert-OH is 1. The fourth-order valence-corrected chi connectivity index (χ4v) is 2.02. The van der Waals surface area contributed by atoms with Gasteiger partial charge in [0.2, 0.25) is 11.8 Å². The Balaban J connectivity index is 0.000000828. The first-order valence-corrected chi connectivity index (χ1v) is 9.43. The number of likely N-dealkylation sites (N-methyl/N-ethyl adjacent to an activating group) is 1. The molecule has 0 unspecified atom stereocenters. The second-order valence-corrected chi connectivity index (χ2v) is 5.80. The molecule has 29 heavy (non-hydrogen) atoms. The normalized spacial score (nSPS) is 9.93. The van der Waals surface area contributed by atoms with Crippen molar-refractivity contribution in [2.75, 3.05) is 65.5 Å². The summed E-state index contributed by atoms with van der Waals surface area (Å²) >= 11 is 0. The van der Waals surface area contributed by atoms with Crippen LogP contribution in [0.3, 0.4) is 0 Å². The van der Waals surface area contributed by atoms with E-state index < -0.39 is 0 Å². The Morgan fingerprint density at radius 2 is 2.03 bits per heavy atom. The van der Waals surface area contributed by atoms with Crippen LogP contribution in [0.25, 0.3) is 0 Å². The minimum absolute atomic E-state index is 0.0695. The predicted octanol–water partition coefficient (Wildman–Crippen LogP) is -0.802. The lowest BCUT2D eigenvalue weighted by molar-refractivity contribution is -0.135. The summed E-state index contributed by atoms with van der Waals surface area (Å²) in [5.41, 5.74) is -0.281. The maximum absolute atomic E-state index is 12.1. The monoisotopic (exact) mass is 415 g/mol. The lowest BCUT2D eigenvalue weighted by Crippen LogP contribution is -2.40. The number of carbonyl (C=O) groups is 2. The Kier molecular flexibility index (Phi) is 16.1. The smallest absolute Gasteiger partial charge is 0.264 e. The highest BCUT2D eigenvalue weighted by atomic mass is 16.5. The standard InChI is InChI=1S/C13H21N5O3.C5H12O3/c1-3-8-18(9-12(20)14-2)13(21)6-7-15-10-4-5-11(19)17-16-10;1-7-4-5-8-3-2-6/h4-5H,3,6-9H2,1-2H3,(H,14,20)(H,15,16)(H,17,19);6H,2-5H2,1H3. The van der Waals surface area contributed by atoms with Gasteiger partial charge in [0.1, 0.15) is 5.82 Å². The molecular weight excluding hydrogens is 382 g/mol. The molecule has 166 valence electrons. The Morgan fingerprint density at radius 3 is 2.59 bits per heavy atom. The largest absolute Gasteiger partial charge is 0.394 e. The van der Waals surface area contributed by atoms with Gasteiger partial charge >= 0.3 is 0 Å². The zero-order valence-corrected chi connectivity index (χ0v) is 17.4. The number of rotatable bonds is 13. The van der Waals surface area contributed by atoms with E-state index in [0.29, 0.717) is 38.7 Å². The molecule has 0 aromatic carbocycles. The number of anilines is 1.